The number of rotatable bonds is 4. The molecule has 1 heterocycles. The summed E-state index contributed by atoms with van der Waals surface area (Å²) in [5, 5.41) is 5.36. The average Bonchev–Trinajstić information content (AvgIpc) is 2.80. The summed E-state index contributed by atoms with van der Waals surface area (Å²) in [4.78, 5) is 4.19. The summed E-state index contributed by atoms with van der Waals surface area (Å²) in [6, 6.07) is 6.76. The first-order valence-electron chi connectivity index (χ1n) is 5.11. The van der Waals surface area contributed by atoms with Crippen molar-refractivity contribution in [1.29, 1.82) is 0 Å². The van der Waals surface area contributed by atoms with Crippen LogP contribution in [0.2, 0.25) is 0 Å². The van der Waals surface area contributed by atoms with E-state index in [1.54, 1.807) is 23.5 Å². The summed E-state index contributed by atoms with van der Waals surface area (Å²) >= 11 is 1.59. The molecule has 16 heavy (non-hydrogen) atoms. The van der Waals surface area contributed by atoms with E-state index in [0.717, 1.165) is 17.8 Å². The van der Waals surface area contributed by atoms with Gasteiger partial charge in [-0.25, -0.2) is 9.37 Å². The first-order valence-corrected chi connectivity index (χ1v) is 6.06. The van der Waals surface area contributed by atoms with Gasteiger partial charge in [0.25, 0.3) is 0 Å². The summed E-state index contributed by atoms with van der Waals surface area (Å²) in [5.41, 5.74) is 3.94. The van der Waals surface area contributed by atoms with Gasteiger partial charge in [-0.2, -0.15) is 0 Å². The van der Waals surface area contributed by atoms with Crippen molar-refractivity contribution in [2.24, 2.45) is 0 Å². The van der Waals surface area contributed by atoms with Gasteiger partial charge < -0.3 is 5.32 Å². The van der Waals surface area contributed by atoms with Gasteiger partial charge in [0.2, 0.25) is 0 Å². The monoisotopic (exact) mass is 236 g/mol. The minimum absolute atomic E-state index is 0.197. The van der Waals surface area contributed by atoms with Gasteiger partial charge in [0.05, 0.1) is 11.2 Å². The van der Waals surface area contributed by atoms with E-state index in [1.807, 2.05) is 10.9 Å². The number of thiazole rings is 1. The number of nitrogens with zero attached hydrogens (tertiary/aromatic N) is 1. The van der Waals surface area contributed by atoms with Gasteiger partial charge in [-0.3, -0.25) is 0 Å². The minimum Gasteiger partial charge on any atom is -0.305 e. The van der Waals surface area contributed by atoms with Crippen LogP contribution >= 0.6 is 11.3 Å². The summed E-state index contributed by atoms with van der Waals surface area (Å²) < 4.78 is 12.7. The number of aromatic nitrogens is 1. The SMILES string of the molecule is CC(NCc1cscn1)c1ccc(F)cc1. The summed E-state index contributed by atoms with van der Waals surface area (Å²) in [5.74, 6) is -0.199. The molecule has 0 saturated heterocycles. The van der Waals surface area contributed by atoms with Crippen molar-refractivity contribution >= 4 is 11.3 Å². The van der Waals surface area contributed by atoms with Crippen LogP contribution in [0.25, 0.3) is 0 Å². The molecule has 0 saturated carbocycles. The normalized spacial score (nSPS) is 12.6. The highest BCUT2D eigenvalue weighted by Crippen LogP contribution is 2.13. The third-order valence-electron chi connectivity index (χ3n) is 2.44. The first kappa shape index (κ1) is 11.2. The molecule has 4 heteroatoms. The second-order valence-corrected chi connectivity index (χ2v) is 4.35. The molecule has 0 fully saturated rings. The van der Waals surface area contributed by atoms with E-state index in [0.29, 0.717) is 0 Å². The van der Waals surface area contributed by atoms with Crippen molar-refractivity contribution in [3.63, 3.8) is 0 Å². The number of benzene rings is 1. The van der Waals surface area contributed by atoms with Gasteiger partial charge in [-0.15, -0.1) is 11.3 Å². The lowest BCUT2D eigenvalue weighted by molar-refractivity contribution is 0.566. The molecule has 0 aliphatic rings. The Labute approximate surface area is 98.2 Å². The molecule has 0 amide bonds. The van der Waals surface area contributed by atoms with Gasteiger partial charge >= 0.3 is 0 Å². The zero-order valence-electron chi connectivity index (χ0n) is 8.98. The predicted molar refractivity (Wildman–Crippen MR) is 63.8 cm³/mol. The maximum absolute atomic E-state index is 12.7. The van der Waals surface area contributed by atoms with E-state index in [-0.39, 0.29) is 11.9 Å². The van der Waals surface area contributed by atoms with Crippen LogP contribution in [0.3, 0.4) is 0 Å². The first-order chi connectivity index (χ1) is 7.75. The minimum atomic E-state index is -0.199. The molecule has 0 spiro atoms. The third-order valence-corrected chi connectivity index (χ3v) is 3.08. The number of halogens is 1. The molecule has 1 atom stereocenters. The second kappa shape index (κ2) is 5.18. The fraction of sp³-hybridized carbons (Fsp3) is 0.250. The van der Waals surface area contributed by atoms with Crippen LogP contribution in [-0.4, -0.2) is 4.98 Å². The Morgan fingerprint density at radius 1 is 1.38 bits per heavy atom. The van der Waals surface area contributed by atoms with E-state index in [1.165, 1.54) is 12.1 Å². The summed E-state index contributed by atoms with van der Waals surface area (Å²) in [6.07, 6.45) is 0. The molecule has 2 rings (SSSR count). The Morgan fingerprint density at radius 3 is 2.75 bits per heavy atom. The third kappa shape index (κ3) is 2.87. The molecule has 1 N–H and O–H groups in total. The van der Waals surface area contributed by atoms with E-state index >= 15 is 0 Å². The zero-order chi connectivity index (χ0) is 11.4. The van der Waals surface area contributed by atoms with Gasteiger partial charge in [-0.1, -0.05) is 12.1 Å². The Hall–Kier alpha value is -1.26. The van der Waals surface area contributed by atoms with Crippen LogP contribution in [0.15, 0.2) is 35.2 Å². The Bertz CT molecular complexity index is 425. The molecular weight excluding hydrogens is 223 g/mol. The molecule has 0 aliphatic carbocycles. The fourth-order valence-corrected chi connectivity index (χ4v) is 2.01. The van der Waals surface area contributed by atoms with Crippen molar-refractivity contribution in [1.82, 2.24) is 10.3 Å². The zero-order valence-corrected chi connectivity index (χ0v) is 9.80. The molecular formula is C12H13FN2S. The van der Waals surface area contributed by atoms with Crippen molar-refractivity contribution in [3.05, 3.63) is 52.2 Å². The van der Waals surface area contributed by atoms with Crippen LogP contribution in [0.1, 0.15) is 24.2 Å². The highest BCUT2D eigenvalue weighted by molar-refractivity contribution is 7.07. The van der Waals surface area contributed by atoms with Gasteiger partial charge in [0.15, 0.2) is 0 Å². The van der Waals surface area contributed by atoms with Gasteiger partial charge in [0, 0.05) is 18.0 Å². The highest BCUT2D eigenvalue weighted by Gasteiger charge is 2.05. The quantitative estimate of drug-likeness (QED) is 0.882. The molecule has 1 aromatic carbocycles. The van der Waals surface area contributed by atoms with Crippen LogP contribution in [0.5, 0.6) is 0 Å². The standard InChI is InChI=1S/C12H13FN2S/c1-9(10-2-4-11(13)5-3-10)14-6-12-7-16-8-15-12/h2-5,7-9,14H,6H2,1H3. The number of hydrogen-bond acceptors (Lipinski definition) is 3. The molecule has 2 aromatic rings. The lowest BCUT2D eigenvalue weighted by Crippen LogP contribution is -2.18. The topological polar surface area (TPSA) is 24.9 Å². The van der Waals surface area contributed by atoms with E-state index in [9.17, 15) is 4.39 Å². The molecule has 1 aromatic heterocycles. The summed E-state index contributed by atoms with van der Waals surface area (Å²) in [7, 11) is 0. The smallest absolute Gasteiger partial charge is 0.123 e. The maximum Gasteiger partial charge on any atom is 0.123 e. The Kier molecular flexibility index (Phi) is 3.64. The average molecular weight is 236 g/mol. The van der Waals surface area contributed by atoms with E-state index in [2.05, 4.69) is 17.2 Å². The predicted octanol–water partition coefficient (Wildman–Crippen LogP) is 3.13. The van der Waals surface area contributed by atoms with Crippen LogP contribution < -0.4 is 5.32 Å². The fourth-order valence-electron chi connectivity index (χ4n) is 1.45. The van der Waals surface area contributed by atoms with Gasteiger partial charge in [0.1, 0.15) is 5.82 Å². The highest BCUT2D eigenvalue weighted by atomic mass is 32.1. The molecule has 1 unspecified atom stereocenters. The van der Waals surface area contributed by atoms with E-state index in [4.69, 9.17) is 0 Å². The second-order valence-electron chi connectivity index (χ2n) is 3.63. The van der Waals surface area contributed by atoms with Crippen molar-refractivity contribution in [2.45, 2.75) is 19.5 Å². The largest absolute Gasteiger partial charge is 0.305 e. The molecule has 0 bridgehead atoms. The lowest BCUT2D eigenvalue weighted by Gasteiger charge is -2.13. The lowest BCUT2D eigenvalue weighted by atomic mass is 10.1. The van der Waals surface area contributed by atoms with Gasteiger partial charge in [-0.05, 0) is 24.6 Å². The molecule has 2 nitrogen and oxygen atoms in total. The summed E-state index contributed by atoms with van der Waals surface area (Å²) in [6.45, 7) is 2.79. The van der Waals surface area contributed by atoms with Crippen LogP contribution in [0.4, 0.5) is 4.39 Å². The van der Waals surface area contributed by atoms with Crippen molar-refractivity contribution in [2.75, 3.05) is 0 Å². The molecule has 0 radical (unpaired) electrons. The number of hydrogen-bond donors (Lipinski definition) is 1. The number of nitrogens with one attached hydrogen (secondary N) is 1. The van der Waals surface area contributed by atoms with E-state index < -0.39 is 0 Å². The molecule has 0 aliphatic heterocycles. The van der Waals surface area contributed by atoms with Crippen LogP contribution in [-0.2, 0) is 6.54 Å². The van der Waals surface area contributed by atoms with Crippen LogP contribution in [0, 0.1) is 5.82 Å². The van der Waals surface area contributed by atoms with Crippen molar-refractivity contribution < 1.29 is 4.39 Å². The Balaban J connectivity index is 1.93. The Morgan fingerprint density at radius 2 is 2.12 bits per heavy atom. The maximum atomic E-state index is 12.7. The molecule has 84 valence electrons. The van der Waals surface area contributed by atoms with Crippen molar-refractivity contribution in [3.8, 4) is 0 Å².